The first-order valence-corrected chi connectivity index (χ1v) is 8.12. The lowest BCUT2D eigenvalue weighted by molar-refractivity contribution is -0.132. The van der Waals surface area contributed by atoms with Crippen molar-refractivity contribution in [2.24, 2.45) is 11.8 Å². The number of ether oxygens (including phenoxy) is 1. The molecular weight excluding hydrogens is 292 g/mol. The number of allylic oxidation sites excluding steroid dienone is 2. The summed E-state index contributed by atoms with van der Waals surface area (Å²) in [5, 5.41) is 5.72. The second kappa shape index (κ2) is 8.36. The van der Waals surface area contributed by atoms with E-state index in [9.17, 15) is 9.59 Å². The van der Waals surface area contributed by atoms with Crippen molar-refractivity contribution < 1.29 is 14.3 Å². The molecule has 2 rings (SSSR count). The topological polar surface area (TPSA) is 67.4 Å². The summed E-state index contributed by atoms with van der Waals surface area (Å²) in [4.78, 5) is 24.7. The number of carbonyl (C=O) groups excluding carboxylic acids is 2. The summed E-state index contributed by atoms with van der Waals surface area (Å²) in [5.74, 6) is -0.0366. The smallest absolute Gasteiger partial charge is 0.228 e. The lowest BCUT2D eigenvalue weighted by Crippen LogP contribution is -2.40. The van der Waals surface area contributed by atoms with Crippen LogP contribution in [0.5, 0.6) is 5.75 Å². The fourth-order valence-corrected chi connectivity index (χ4v) is 2.74. The number of carbonyl (C=O) groups is 2. The third-order valence-corrected chi connectivity index (χ3v) is 3.89. The Bertz CT molecular complexity index is 566. The van der Waals surface area contributed by atoms with Crippen molar-refractivity contribution >= 4 is 17.5 Å². The molecular formula is C18H24N2O3. The minimum absolute atomic E-state index is 0.0521. The van der Waals surface area contributed by atoms with Gasteiger partial charge in [-0.3, -0.25) is 9.59 Å². The van der Waals surface area contributed by atoms with E-state index < -0.39 is 0 Å². The summed E-state index contributed by atoms with van der Waals surface area (Å²) in [5.41, 5.74) is 0.711. The summed E-state index contributed by atoms with van der Waals surface area (Å²) < 4.78 is 5.38. The van der Waals surface area contributed by atoms with Gasteiger partial charge in [-0.1, -0.05) is 12.2 Å². The second-order valence-electron chi connectivity index (χ2n) is 5.50. The van der Waals surface area contributed by atoms with Gasteiger partial charge in [0.05, 0.1) is 18.4 Å². The van der Waals surface area contributed by atoms with E-state index in [1.54, 1.807) is 0 Å². The quantitative estimate of drug-likeness (QED) is 0.793. The molecule has 1 aliphatic carbocycles. The van der Waals surface area contributed by atoms with E-state index in [1.165, 1.54) is 0 Å². The van der Waals surface area contributed by atoms with E-state index in [2.05, 4.69) is 10.6 Å². The first-order valence-electron chi connectivity index (χ1n) is 8.12. The molecule has 0 heterocycles. The third kappa shape index (κ3) is 4.58. The van der Waals surface area contributed by atoms with E-state index in [-0.39, 0.29) is 23.7 Å². The SMILES string of the molecule is CCNC(=O)C1CC=CCC1C(=O)Nc1ccc(OCC)cc1. The van der Waals surface area contributed by atoms with Crippen LogP contribution in [0.15, 0.2) is 36.4 Å². The summed E-state index contributed by atoms with van der Waals surface area (Å²) in [7, 11) is 0. The van der Waals surface area contributed by atoms with Gasteiger partial charge >= 0.3 is 0 Å². The predicted molar refractivity (Wildman–Crippen MR) is 90.3 cm³/mol. The summed E-state index contributed by atoms with van der Waals surface area (Å²) in [6.45, 7) is 4.99. The Morgan fingerprint density at radius 1 is 1.04 bits per heavy atom. The highest BCUT2D eigenvalue weighted by molar-refractivity contribution is 5.96. The molecule has 2 amide bonds. The van der Waals surface area contributed by atoms with Gasteiger partial charge in [0, 0.05) is 12.2 Å². The lowest BCUT2D eigenvalue weighted by Gasteiger charge is -2.26. The molecule has 0 fully saturated rings. The normalized spacial score (nSPS) is 19.9. The standard InChI is InChI=1S/C18H24N2O3/c1-3-19-17(21)15-7-5-6-8-16(15)18(22)20-13-9-11-14(12-10-13)23-4-2/h5-6,9-12,15-16H,3-4,7-8H2,1-2H3,(H,19,21)(H,20,22). The maximum Gasteiger partial charge on any atom is 0.228 e. The Labute approximate surface area is 137 Å². The first kappa shape index (κ1) is 17.1. The van der Waals surface area contributed by atoms with Crippen LogP contribution in [0.25, 0.3) is 0 Å². The van der Waals surface area contributed by atoms with Crippen LogP contribution in [0.1, 0.15) is 26.7 Å². The lowest BCUT2D eigenvalue weighted by atomic mass is 9.81. The summed E-state index contributed by atoms with van der Waals surface area (Å²) in [6.07, 6.45) is 5.14. The van der Waals surface area contributed by atoms with Crippen molar-refractivity contribution in [3.63, 3.8) is 0 Å². The molecule has 0 saturated heterocycles. The van der Waals surface area contributed by atoms with Gasteiger partial charge in [0.1, 0.15) is 5.75 Å². The third-order valence-electron chi connectivity index (χ3n) is 3.89. The first-order chi connectivity index (χ1) is 11.2. The van der Waals surface area contributed by atoms with Gasteiger partial charge in [0.25, 0.3) is 0 Å². The van der Waals surface area contributed by atoms with Crippen molar-refractivity contribution in [3.05, 3.63) is 36.4 Å². The molecule has 5 nitrogen and oxygen atoms in total. The van der Waals surface area contributed by atoms with Crippen molar-refractivity contribution in [3.8, 4) is 5.75 Å². The van der Waals surface area contributed by atoms with Crippen LogP contribution >= 0.6 is 0 Å². The molecule has 0 bridgehead atoms. The van der Waals surface area contributed by atoms with E-state index >= 15 is 0 Å². The molecule has 0 aliphatic heterocycles. The molecule has 0 spiro atoms. The van der Waals surface area contributed by atoms with Gasteiger partial charge in [0.2, 0.25) is 11.8 Å². The van der Waals surface area contributed by atoms with Crippen LogP contribution in [-0.2, 0) is 9.59 Å². The largest absolute Gasteiger partial charge is 0.494 e. The van der Waals surface area contributed by atoms with Crippen LogP contribution in [0.3, 0.4) is 0 Å². The molecule has 0 saturated carbocycles. The van der Waals surface area contributed by atoms with Gasteiger partial charge < -0.3 is 15.4 Å². The van der Waals surface area contributed by atoms with Crippen LogP contribution in [0.4, 0.5) is 5.69 Å². The number of nitrogens with one attached hydrogen (secondary N) is 2. The Hall–Kier alpha value is -2.30. The molecule has 5 heteroatoms. The van der Waals surface area contributed by atoms with Crippen LogP contribution in [-0.4, -0.2) is 25.0 Å². The van der Waals surface area contributed by atoms with Gasteiger partial charge in [-0.25, -0.2) is 0 Å². The Morgan fingerprint density at radius 2 is 1.65 bits per heavy atom. The van der Waals surface area contributed by atoms with Gasteiger partial charge in [-0.2, -0.15) is 0 Å². The van der Waals surface area contributed by atoms with Crippen LogP contribution in [0.2, 0.25) is 0 Å². The average Bonchev–Trinajstić information content (AvgIpc) is 2.57. The minimum atomic E-state index is -0.335. The highest BCUT2D eigenvalue weighted by atomic mass is 16.5. The van der Waals surface area contributed by atoms with E-state index in [0.717, 1.165) is 5.75 Å². The predicted octanol–water partition coefficient (Wildman–Crippen LogP) is 2.74. The maximum atomic E-state index is 12.5. The number of hydrogen-bond donors (Lipinski definition) is 2. The fraction of sp³-hybridized carbons (Fsp3) is 0.444. The highest BCUT2D eigenvalue weighted by Gasteiger charge is 2.33. The van der Waals surface area contributed by atoms with Crippen molar-refractivity contribution in [1.29, 1.82) is 0 Å². The zero-order valence-electron chi connectivity index (χ0n) is 13.7. The number of benzene rings is 1. The Morgan fingerprint density at radius 3 is 2.22 bits per heavy atom. The Kier molecular flexibility index (Phi) is 6.20. The van der Waals surface area contributed by atoms with Gasteiger partial charge in [0.15, 0.2) is 0 Å². The fourth-order valence-electron chi connectivity index (χ4n) is 2.74. The number of hydrogen-bond acceptors (Lipinski definition) is 3. The second-order valence-corrected chi connectivity index (χ2v) is 5.50. The zero-order valence-corrected chi connectivity index (χ0v) is 13.7. The molecule has 0 radical (unpaired) electrons. The molecule has 2 atom stereocenters. The summed E-state index contributed by atoms with van der Waals surface area (Å²) in [6, 6.07) is 7.26. The number of rotatable bonds is 6. The molecule has 0 aromatic heterocycles. The average molecular weight is 316 g/mol. The van der Waals surface area contributed by atoms with Crippen molar-refractivity contribution in [2.45, 2.75) is 26.7 Å². The van der Waals surface area contributed by atoms with E-state index in [0.29, 0.717) is 31.7 Å². The molecule has 1 aromatic rings. The monoisotopic (exact) mass is 316 g/mol. The van der Waals surface area contributed by atoms with Gasteiger partial charge in [-0.15, -0.1) is 0 Å². The molecule has 2 unspecified atom stereocenters. The molecule has 124 valence electrons. The summed E-state index contributed by atoms with van der Waals surface area (Å²) >= 11 is 0. The van der Waals surface area contributed by atoms with Gasteiger partial charge in [-0.05, 0) is 51.0 Å². The van der Waals surface area contributed by atoms with E-state index in [1.807, 2.05) is 50.3 Å². The molecule has 1 aromatic carbocycles. The maximum absolute atomic E-state index is 12.5. The van der Waals surface area contributed by atoms with E-state index in [4.69, 9.17) is 4.74 Å². The van der Waals surface area contributed by atoms with Crippen LogP contribution in [0, 0.1) is 11.8 Å². The minimum Gasteiger partial charge on any atom is -0.494 e. The highest BCUT2D eigenvalue weighted by Crippen LogP contribution is 2.27. The van der Waals surface area contributed by atoms with Crippen LogP contribution < -0.4 is 15.4 Å². The molecule has 2 N–H and O–H groups in total. The van der Waals surface area contributed by atoms with Crippen molar-refractivity contribution in [2.75, 3.05) is 18.5 Å². The zero-order chi connectivity index (χ0) is 16.7. The number of anilines is 1. The van der Waals surface area contributed by atoms with Crippen molar-refractivity contribution in [1.82, 2.24) is 5.32 Å². The molecule has 23 heavy (non-hydrogen) atoms. The number of amides is 2. The molecule has 1 aliphatic rings. The Balaban J connectivity index is 2.02.